The Balaban J connectivity index is 1.41. The van der Waals surface area contributed by atoms with E-state index in [-0.39, 0.29) is 6.04 Å². The van der Waals surface area contributed by atoms with Crippen molar-refractivity contribution in [1.29, 1.82) is 0 Å². The third kappa shape index (κ3) is 3.42. The zero-order chi connectivity index (χ0) is 18.1. The minimum atomic E-state index is -0.816. The number of anilines is 1. The van der Waals surface area contributed by atoms with Gasteiger partial charge in [-0.2, -0.15) is 0 Å². The van der Waals surface area contributed by atoms with E-state index in [1.165, 1.54) is 25.6 Å². The largest absolute Gasteiger partial charge is 0.349 e. The smallest absolute Gasteiger partial charge is 0.146 e. The molecule has 2 aromatic heterocycles. The Kier molecular flexibility index (Phi) is 4.84. The first-order valence-corrected chi connectivity index (χ1v) is 9.35. The molecule has 2 fully saturated rings. The lowest BCUT2D eigenvalue weighted by atomic mass is 9.85. The first-order chi connectivity index (χ1) is 12.6. The first kappa shape index (κ1) is 17.3. The van der Waals surface area contributed by atoms with Crippen LogP contribution in [0.2, 0.25) is 0 Å². The summed E-state index contributed by atoms with van der Waals surface area (Å²) in [6.07, 6.45) is 6.66. The van der Waals surface area contributed by atoms with Crippen molar-refractivity contribution in [3.8, 4) is 0 Å². The molecule has 140 valence electrons. The number of hydrogen-bond acceptors (Lipinski definition) is 6. The summed E-state index contributed by atoms with van der Waals surface area (Å²) in [5.41, 5.74) is 0. The maximum absolute atomic E-state index is 14.1. The fraction of sp³-hybridized carbons (Fsp3) is 0.667. The number of hydrogen-bond donors (Lipinski definition) is 0. The Hall–Kier alpha value is -2.09. The average Bonchev–Trinajstić information content (AvgIpc) is 3.11. The molecule has 0 N–H and O–H groups in total. The summed E-state index contributed by atoms with van der Waals surface area (Å²) in [4.78, 5) is 12.5. The number of alkyl halides is 1. The van der Waals surface area contributed by atoms with Crippen LogP contribution < -0.4 is 4.90 Å². The minimum absolute atomic E-state index is 0.101. The molecule has 1 saturated heterocycles. The summed E-state index contributed by atoms with van der Waals surface area (Å²) in [5.74, 6) is 3.44. The number of aromatic nitrogens is 5. The van der Waals surface area contributed by atoms with Gasteiger partial charge in [-0.05, 0) is 26.0 Å². The Morgan fingerprint density at radius 2 is 2.15 bits per heavy atom. The topological polar surface area (TPSA) is 63.0 Å². The molecule has 0 aromatic carbocycles. The monoisotopic (exact) mass is 359 g/mol. The standard InChI is InChI=1S/C18H26FN7/c1-24(11-17-22-23-18(25(17)2)13-4-3-5-13)10-15-8-14(19)9-26(15)16-6-7-20-12-21-16/h6-7,12-15H,3-5,8-11H2,1-2H3/t14-,15-/m0/s1. The van der Waals surface area contributed by atoms with Crippen LogP contribution in [0.5, 0.6) is 0 Å². The third-order valence-electron chi connectivity index (χ3n) is 5.63. The van der Waals surface area contributed by atoms with Crippen molar-refractivity contribution in [2.24, 2.45) is 7.05 Å². The number of nitrogens with zero attached hydrogens (tertiary/aromatic N) is 7. The second-order valence-electron chi connectivity index (χ2n) is 7.56. The van der Waals surface area contributed by atoms with Crippen LogP contribution in [0.3, 0.4) is 0 Å². The van der Waals surface area contributed by atoms with Gasteiger partial charge in [0.1, 0.15) is 30.0 Å². The molecule has 0 spiro atoms. The Labute approximate surface area is 153 Å². The van der Waals surface area contributed by atoms with Crippen molar-refractivity contribution >= 4 is 5.82 Å². The van der Waals surface area contributed by atoms with Crippen LogP contribution in [0.4, 0.5) is 10.2 Å². The summed E-state index contributed by atoms with van der Waals surface area (Å²) in [6, 6.07) is 1.95. The molecular weight excluding hydrogens is 333 g/mol. The maximum atomic E-state index is 14.1. The van der Waals surface area contributed by atoms with Crippen LogP contribution in [-0.2, 0) is 13.6 Å². The molecule has 1 aliphatic heterocycles. The molecular formula is C18H26FN7. The van der Waals surface area contributed by atoms with Crippen LogP contribution in [0.15, 0.2) is 18.6 Å². The van der Waals surface area contributed by atoms with Crippen LogP contribution in [0.25, 0.3) is 0 Å². The van der Waals surface area contributed by atoms with E-state index in [0.717, 1.165) is 24.0 Å². The van der Waals surface area contributed by atoms with Crippen LogP contribution >= 0.6 is 0 Å². The maximum Gasteiger partial charge on any atom is 0.146 e. The first-order valence-electron chi connectivity index (χ1n) is 9.35. The normalized spacial score (nSPS) is 23.6. The summed E-state index contributed by atoms with van der Waals surface area (Å²) in [6.45, 7) is 1.86. The van der Waals surface area contributed by atoms with Gasteiger partial charge in [-0.25, -0.2) is 14.4 Å². The molecule has 26 heavy (non-hydrogen) atoms. The van der Waals surface area contributed by atoms with E-state index in [1.807, 2.05) is 6.07 Å². The molecule has 7 nitrogen and oxygen atoms in total. The zero-order valence-electron chi connectivity index (χ0n) is 15.4. The molecule has 0 radical (unpaired) electrons. The van der Waals surface area contributed by atoms with Crippen molar-refractivity contribution in [2.75, 3.05) is 25.0 Å². The highest BCUT2D eigenvalue weighted by Gasteiger charge is 2.34. The van der Waals surface area contributed by atoms with Crippen LogP contribution in [0.1, 0.15) is 43.3 Å². The lowest BCUT2D eigenvalue weighted by Gasteiger charge is -2.29. The van der Waals surface area contributed by atoms with Gasteiger partial charge in [0.15, 0.2) is 0 Å². The van der Waals surface area contributed by atoms with Crippen molar-refractivity contribution in [3.05, 3.63) is 30.2 Å². The minimum Gasteiger partial charge on any atom is -0.349 e. The highest BCUT2D eigenvalue weighted by Crippen LogP contribution is 2.35. The Morgan fingerprint density at radius 1 is 1.31 bits per heavy atom. The van der Waals surface area contributed by atoms with Crippen molar-refractivity contribution in [1.82, 2.24) is 29.6 Å². The summed E-state index contributed by atoms with van der Waals surface area (Å²) >= 11 is 0. The van der Waals surface area contributed by atoms with Gasteiger partial charge in [0, 0.05) is 38.2 Å². The van der Waals surface area contributed by atoms with Gasteiger partial charge in [0.05, 0.1) is 13.1 Å². The molecule has 8 heteroatoms. The quantitative estimate of drug-likeness (QED) is 0.785. The van der Waals surface area contributed by atoms with Gasteiger partial charge in [-0.15, -0.1) is 10.2 Å². The molecule has 2 aromatic rings. The Morgan fingerprint density at radius 3 is 2.85 bits per heavy atom. The van der Waals surface area contributed by atoms with Gasteiger partial charge in [0.25, 0.3) is 0 Å². The summed E-state index contributed by atoms with van der Waals surface area (Å²) in [7, 11) is 4.11. The molecule has 2 aliphatic rings. The fourth-order valence-electron chi connectivity index (χ4n) is 3.97. The third-order valence-corrected chi connectivity index (χ3v) is 5.63. The number of likely N-dealkylation sites (N-methyl/N-ethyl adjacent to an activating group) is 1. The van der Waals surface area contributed by atoms with Gasteiger partial charge in [0.2, 0.25) is 0 Å². The van der Waals surface area contributed by atoms with E-state index >= 15 is 0 Å². The zero-order valence-corrected chi connectivity index (χ0v) is 15.4. The van der Waals surface area contributed by atoms with Crippen molar-refractivity contribution < 1.29 is 4.39 Å². The predicted octanol–water partition coefficient (Wildman–Crippen LogP) is 1.92. The van der Waals surface area contributed by atoms with E-state index in [4.69, 9.17) is 0 Å². The predicted molar refractivity (Wildman–Crippen MR) is 96.6 cm³/mol. The number of rotatable bonds is 6. The molecule has 1 saturated carbocycles. The second-order valence-corrected chi connectivity index (χ2v) is 7.56. The average molecular weight is 359 g/mol. The molecule has 0 bridgehead atoms. The van der Waals surface area contributed by atoms with E-state index < -0.39 is 6.17 Å². The van der Waals surface area contributed by atoms with E-state index in [9.17, 15) is 4.39 Å². The molecule has 3 heterocycles. The van der Waals surface area contributed by atoms with E-state index in [1.54, 1.807) is 6.20 Å². The summed E-state index contributed by atoms with van der Waals surface area (Å²) in [5, 5.41) is 8.78. The van der Waals surface area contributed by atoms with Gasteiger partial charge in [-0.3, -0.25) is 4.90 Å². The Bertz CT molecular complexity index is 730. The fourth-order valence-corrected chi connectivity index (χ4v) is 3.97. The molecule has 4 rings (SSSR count). The van der Waals surface area contributed by atoms with Crippen LogP contribution in [-0.4, -0.2) is 62.0 Å². The second kappa shape index (κ2) is 7.26. The SMILES string of the molecule is CN(Cc1nnc(C2CCC2)n1C)C[C@@H]1C[C@H](F)CN1c1ccncn1. The molecule has 1 aliphatic carbocycles. The molecule has 0 unspecified atom stereocenters. The van der Waals surface area contributed by atoms with E-state index in [2.05, 4.69) is 48.6 Å². The molecule has 0 amide bonds. The van der Waals surface area contributed by atoms with Gasteiger partial charge < -0.3 is 9.47 Å². The molecule has 2 atom stereocenters. The summed E-state index contributed by atoms with van der Waals surface area (Å²) < 4.78 is 16.2. The van der Waals surface area contributed by atoms with Crippen molar-refractivity contribution in [3.63, 3.8) is 0 Å². The highest BCUT2D eigenvalue weighted by atomic mass is 19.1. The van der Waals surface area contributed by atoms with E-state index in [0.29, 0.717) is 25.4 Å². The van der Waals surface area contributed by atoms with Crippen molar-refractivity contribution in [2.45, 2.75) is 50.4 Å². The highest BCUT2D eigenvalue weighted by molar-refractivity contribution is 5.40. The lowest BCUT2D eigenvalue weighted by Crippen LogP contribution is -2.39. The lowest BCUT2D eigenvalue weighted by molar-refractivity contribution is 0.280. The van der Waals surface area contributed by atoms with Crippen LogP contribution in [0, 0.1) is 0 Å². The van der Waals surface area contributed by atoms with Gasteiger partial charge >= 0.3 is 0 Å². The number of halogens is 1. The van der Waals surface area contributed by atoms with Gasteiger partial charge in [-0.1, -0.05) is 6.42 Å².